The van der Waals surface area contributed by atoms with Gasteiger partial charge < -0.3 is 5.32 Å². The molecule has 134 valence electrons. The van der Waals surface area contributed by atoms with Gasteiger partial charge in [0.2, 0.25) is 11.1 Å². The molecule has 0 bridgehead atoms. The third-order valence-electron chi connectivity index (χ3n) is 4.83. The van der Waals surface area contributed by atoms with Crippen molar-refractivity contribution in [2.75, 3.05) is 5.32 Å². The van der Waals surface area contributed by atoms with Gasteiger partial charge in [0.15, 0.2) is 0 Å². The van der Waals surface area contributed by atoms with E-state index < -0.39 is 0 Å². The Hall–Kier alpha value is -1.82. The zero-order chi connectivity index (χ0) is 17.6. The van der Waals surface area contributed by atoms with E-state index in [2.05, 4.69) is 20.5 Å². The molecule has 1 aromatic carbocycles. The number of nitrogens with zero attached hydrogens (tertiary/aromatic N) is 2. The van der Waals surface area contributed by atoms with Crippen LogP contribution in [0.15, 0.2) is 29.4 Å². The lowest BCUT2D eigenvalue weighted by atomic mass is 10.0. The molecule has 25 heavy (non-hydrogen) atoms. The first kappa shape index (κ1) is 18.0. The summed E-state index contributed by atoms with van der Waals surface area (Å²) in [6, 6.07) is 7.79. The minimum Gasteiger partial charge on any atom is -0.325 e. The topological polar surface area (TPSA) is 70.7 Å². The predicted molar refractivity (Wildman–Crippen MR) is 102 cm³/mol. The number of carbonyl (C=O) groups excluding carboxylic acids is 1. The molecule has 1 fully saturated rings. The van der Waals surface area contributed by atoms with E-state index in [4.69, 9.17) is 0 Å². The average Bonchev–Trinajstić information content (AvgIpc) is 3.26. The molecule has 1 atom stereocenters. The zero-order valence-electron chi connectivity index (χ0n) is 14.9. The maximum atomic E-state index is 12.4. The predicted octanol–water partition coefficient (Wildman–Crippen LogP) is 4.36. The second-order valence-corrected chi connectivity index (χ2v) is 8.13. The monoisotopic (exact) mass is 358 g/mol. The van der Waals surface area contributed by atoms with E-state index in [0.29, 0.717) is 5.16 Å². The van der Waals surface area contributed by atoms with Crippen LogP contribution in [0.4, 0.5) is 5.69 Å². The number of thioether (sulfide) groups is 1. The standard InChI is InChI=1S/C19H26N4OS/c1-13-7-3-6-10-16(13)20-18(24)14(2)25-19-21-17(22-23-19)12-11-15-8-4-5-9-15/h3,6-7,10,14-15H,4-5,8-9,11-12H2,1-2H3,(H,20,24)(H,21,22,23). The highest BCUT2D eigenvalue weighted by atomic mass is 32.2. The molecule has 0 saturated heterocycles. The van der Waals surface area contributed by atoms with Crippen molar-refractivity contribution in [2.45, 2.75) is 62.8 Å². The number of hydrogen-bond donors (Lipinski definition) is 2. The number of rotatable bonds is 7. The van der Waals surface area contributed by atoms with Crippen molar-refractivity contribution in [3.63, 3.8) is 0 Å². The third kappa shape index (κ3) is 5.08. The number of aromatic nitrogens is 3. The molecular weight excluding hydrogens is 332 g/mol. The zero-order valence-corrected chi connectivity index (χ0v) is 15.7. The molecule has 0 spiro atoms. The summed E-state index contributed by atoms with van der Waals surface area (Å²) in [5, 5.41) is 10.6. The Morgan fingerprint density at radius 2 is 2.12 bits per heavy atom. The maximum absolute atomic E-state index is 12.4. The van der Waals surface area contributed by atoms with Crippen molar-refractivity contribution < 1.29 is 4.79 Å². The van der Waals surface area contributed by atoms with Gasteiger partial charge in [-0.2, -0.15) is 0 Å². The Labute approximate surface area is 153 Å². The number of anilines is 1. The largest absolute Gasteiger partial charge is 0.325 e. The Morgan fingerprint density at radius 1 is 1.36 bits per heavy atom. The van der Waals surface area contributed by atoms with E-state index in [0.717, 1.165) is 29.4 Å². The van der Waals surface area contributed by atoms with Gasteiger partial charge in [-0.1, -0.05) is 55.6 Å². The molecular formula is C19H26N4OS. The van der Waals surface area contributed by atoms with Crippen LogP contribution < -0.4 is 5.32 Å². The third-order valence-corrected chi connectivity index (χ3v) is 5.79. The van der Waals surface area contributed by atoms with E-state index in [9.17, 15) is 4.79 Å². The number of benzene rings is 1. The summed E-state index contributed by atoms with van der Waals surface area (Å²) >= 11 is 1.39. The number of nitrogens with one attached hydrogen (secondary N) is 2. The van der Waals surface area contributed by atoms with Crippen molar-refractivity contribution >= 4 is 23.4 Å². The van der Waals surface area contributed by atoms with E-state index in [1.165, 1.54) is 43.9 Å². The molecule has 1 aliphatic rings. The second kappa shape index (κ2) is 8.52. The van der Waals surface area contributed by atoms with Crippen LogP contribution in [0.1, 0.15) is 50.4 Å². The summed E-state index contributed by atoms with van der Waals surface area (Å²) < 4.78 is 0. The normalized spacial score (nSPS) is 16.1. The summed E-state index contributed by atoms with van der Waals surface area (Å²) in [5.74, 6) is 1.75. The first-order valence-corrected chi connectivity index (χ1v) is 9.94. The van der Waals surface area contributed by atoms with Crippen LogP contribution in [0.25, 0.3) is 0 Å². The van der Waals surface area contributed by atoms with Crippen molar-refractivity contribution in [3.05, 3.63) is 35.7 Å². The number of H-pyrrole nitrogens is 1. The van der Waals surface area contributed by atoms with Crippen LogP contribution >= 0.6 is 11.8 Å². The summed E-state index contributed by atoms with van der Waals surface area (Å²) in [7, 11) is 0. The molecule has 3 rings (SSSR count). The summed E-state index contributed by atoms with van der Waals surface area (Å²) in [6.45, 7) is 3.87. The quantitative estimate of drug-likeness (QED) is 0.722. The maximum Gasteiger partial charge on any atom is 0.237 e. The van der Waals surface area contributed by atoms with Gasteiger partial charge in [-0.3, -0.25) is 9.89 Å². The Morgan fingerprint density at radius 3 is 2.88 bits per heavy atom. The highest BCUT2D eigenvalue weighted by Gasteiger charge is 2.19. The van der Waals surface area contributed by atoms with Gasteiger partial charge in [-0.25, -0.2) is 4.98 Å². The highest BCUT2D eigenvalue weighted by molar-refractivity contribution is 8.00. The lowest BCUT2D eigenvalue weighted by Gasteiger charge is -2.11. The Bertz CT molecular complexity index is 709. The molecule has 1 aromatic heterocycles. The Kier molecular flexibility index (Phi) is 6.13. The fraction of sp³-hybridized carbons (Fsp3) is 0.526. The van der Waals surface area contributed by atoms with Gasteiger partial charge in [0.05, 0.1) is 5.25 Å². The molecule has 1 unspecified atom stereocenters. The molecule has 0 aliphatic heterocycles. The summed E-state index contributed by atoms with van der Waals surface area (Å²) in [5.41, 5.74) is 1.91. The van der Waals surface area contributed by atoms with Gasteiger partial charge in [0.1, 0.15) is 5.82 Å². The summed E-state index contributed by atoms with van der Waals surface area (Å²) in [4.78, 5) is 16.9. The molecule has 1 aliphatic carbocycles. The molecule has 2 aromatic rings. The van der Waals surface area contributed by atoms with Crippen LogP contribution in [0.3, 0.4) is 0 Å². The van der Waals surface area contributed by atoms with Crippen molar-refractivity contribution in [1.29, 1.82) is 0 Å². The molecule has 1 saturated carbocycles. The SMILES string of the molecule is Cc1ccccc1NC(=O)C(C)Sc1n[nH]c(CCC2CCCC2)n1. The molecule has 5 nitrogen and oxygen atoms in total. The lowest BCUT2D eigenvalue weighted by Crippen LogP contribution is -2.22. The van der Waals surface area contributed by atoms with Gasteiger partial charge in [0, 0.05) is 12.1 Å². The number of para-hydroxylation sites is 1. The smallest absolute Gasteiger partial charge is 0.237 e. The highest BCUT2D eigenvalue weighted by Crippen LogP contribution is 2.28. The fourth-order valence-electron chi connectivity index (χ4n) is 3.24. The number of aryl methyl sites for hydroxylation is 2. The molecule has 1 heterocycles. The van der Waals surface area contributed by atoms with Gasteiger partial charge in [0.25, 0.3) is 0 Å². The minimum absolute atomic E-state index is 0.0309. The van der Waals surface area contributed by atoms with Crippen molar-refractivity contribution in [2.24, 2.45) is 5.92 Å². The molecule has 2 N–H and O–H groups in total. The first-order chi connectivity index (χ1) is 12.1. The number of carbonyl (C=O) groups is 1. The van der Waals surface area contributed by atoms with Crippen LogP contribution in [0.5, 0.6) is 0 Å². The van der Waals surface area contributed by atoms with Gasteiger partial charge in [-0.15, -0.1) is 5.10 Å². The van der Waals surface area contributed by atoms with Gasteiger partial charge in [-0.05, 0) is 37.8 Å². The first-order valence-electron chi connectivity index (χ1n) is 9.06. The number of amides is 1. The van der Waals surface area contributed by atoms with Crippen molar-refractivity contribution in [1.82, 2.24) is 15.2 Å². The second-order valence-electron chi connectivity index (χ2n) is 6.82. The number of aromatic amines is 1. The van der Waals surface area contributed by atoms with Crippen molar-refractivity contribution in [3.8, 4) is 0 Å². The minimum atomic E-state index is -0.252. The van der Waals surface area contributed by atoms with Crippen LogP contribution in [0, 0.1) is 12.8 Å². The van der Waals surface area contributed by atoms with E-state index in [1.54, 1.807) is 0 Å². The average molecular weight is 359 g/mol. The Balaban J connectivity index is 1.49. The van der Waals surface area contributed by atoms with Crippen LogP contribution in [-0.4, -0.2) is 26.3 Å². The van der Waals surface area contributed by atoms with Gasteiger partial charge >= 0.3 is 0 Å². The van der Waals surface area contributed by atoms with E-state index in [1.807, 2.05) is 38.1 Å². The molecule has 0 radical (unpaired) electrons. The van der Waals surface area contributed by atoms with Crippen LogP contribution in [0.2, 0.25) is 0 Å². The van der Waals surface area contributed by atoms with Crippen LogP contribution in [-0.2, 0) is 11.2 Å². The molecule has 1 amide bonds. The number of hydrogen-bond acceptors (Lipinski definition) is 4. The lowest BCUT2D eigenvalue weighted by molar-refractivity contribution is -0.115. The molecule has 6 heteroatoms. The van der Waals surface area contributed by atoms with E-state index in [-0.39, 0.29) is 11.2 Å². The summed E-state index contributed by atoms with van der Waals surface area (Å²) in [6.07, 6.45) is 7.58. The fourth-order valence-corrected chi connectivity index (χ4v) is 3.98. The van der Waals surface area contributed by atoms with E-state index >= 15 is 0 Å².